The zero-order chi connectivity index (χ0) is 34.2. The van der Waals surface area contributed by atoms with Crippen LogP contribution in [0.5, 0.6) is 0 Å². The molecule has 0 radical (unpaired) electrons. The van der Waals surface area contributed by atoms with Gasteiger partial charge in [-0.25, -0.2) is 15.0 Å². The van der Waals surface area contributed by atoms with Gasteiger partial charge in [0, 0.05) is 43.8 Å². The van der Waals surface area contributed by atoms with E-state index in [4.69, 9.17) is 23.8 Å². The summed E-state index contributed by atoms with van der Waals surface area (Å²) in [6, 6.07) is 56.2. The molecule has 11 aromatic rings. The van der Waals surface area contributed by atoms with Gasteiger partial charge in [-0.3, -0.25) is 0 Å². The summed E-state index contributed by atoms with van der Waals surface area (Å²) in [5.41, 5.74) is 8.07. The molecule has 8 aromatic carbocycles. The highest BCUT2D eigenvalue weighted by molar-refractivity contribution is 6.21. The van der Waals surface area contributed by atoms with E-state index in [1.54, 1.807) is 0 Å². The van der Waals surface area contributed by atoms with E-state index < -0.39 is 0 Å². The maximum atomic E-state index is 6.80. The second kappa shape index (κ2) is 11.2. The lowest BCUT2D eigenvalue weighted by molar-refractivity contribution is 0.669. The minimum absolute atomic E-state index is 0.570. The monoisotopic (exact) mass is 665 g/mol. The summed E-state index contributed by atoms with van der Waals surface area (Å²) in [5, 5.41) is 8.54. The molecule has 3 heterocycles. The van der Waals surface area contributed by atoms with Crippen molar-refractivity contribution in [3.8, 4) is 45.3 Å². The quantitative estimate of drug-likeness (QED) is 0.187. The lowest BCUT2D eigenvalue weighted by Gasteiger charge is -2.11. The normalized spacial score (nSPS) is 11.8. The Bertz CT molecular complexity index is 3190. The molecule has 0 saturated carbocycles. The smallest absolute Gasteiger partial charge is 0.164 e. The van der Waals surface area contributed by atoms with Gasteiger partial charge in [-0.05, 0) is 57.4 Å². The van der Waals surface area contributed by atoms with Gasteiger partial charge in [-0.2, -0.15) is 0 Å². The summed E-state index contributed by atoms with van der Waals surface area (Å²) < 4.78 is 13.1. The van der Waals surface area contributed by atoms with E-state index in [1.165, 1.54) is 0 Å². The van der Waals surface area contributed by atoms with Crippen LogP contribution in [-0.4, -0.2) is 15.0 Å². The molecule has 242 valence electrons. The van der Waals surface area contributed by atoms with Gasteiger partial charge in [-0.1, -0.05) is 133 Å². The number of para-hydroxylation sites is 1. The van der Waals surface area contributed by atoms with Crippen molar-refractivity contribution in [2.75, 3.05) is 0 Å². The maximum absolute atomic E-state index is 6.80. The van der Waals surface area contributed by atoms with E-state index in [9.17, 15) is 0 Å². The predicted molar refractivity (Wildman–Crippen MR) is 211 cm³/mol. The molecule has 0 fully saturated rings. The van der Waals surface area contributed by atoms with Crippen molar-refractivity contribution in [1.82, 2.24) is 15.0 Å². The topological polar surface area (TPSA) is 65.0 Å². The molecule has 11 rings (SSSR count). The molecule has 0 unspecified atom stereocenters. The minimum Gasteiger partial charge on any atom is -0.456 e. The molecule has 0 bridgehead atoms. The highest BCUT2D eigenvalue weighted by Crippen LogP contribution is 2.44. The highest BCUT2D eigenvalue weighted by atomic mass is 16.3. The molecule has 0 spiro atoms. The van der Waals surface area contributed by atoms with Gasteiger partial charge in [-0.15, -0.1) is 0 Å². The first-order valence-corrected chi connectivity index (χ1v) is 17.4. The molecule has 3 aromatic heterocycles. The molecular weight excluding hydrogens is 639 g/mol. The molecule has 0 saturated heterocycles. The third kappa shape index (κ3) is 4.39. The van der Waals surface area contributed by atoms with Gasteiger partial charge in [0.1, 0.15) is 22.3 Å². The summed E-state index contributed by atoms with van der Waals surface area (Å²) in [5.74, 6) is 1.74. The fraction of sp³-hybridized carbons (Fsp3) is 0. The van der Waals surface area contributed by atoms with Crippen molar-refractivity contribution < 1.29 is 8.83 Å². The van der Waals surface area contributed by atoms with Crippen molar-refractivity contribution in [3.63, 3.8) is 0 Å². The summed E-state index contributed by atoms with van der Waals surface area (Å²) in [7, 11) is 0. The number of nitrogens with zero attached hydrogens (tertiary/aromatic N) is 3. The van der Waals surface area contributed by atoms with Crippen molar-refractivity contribution in [1.29, 1.82) is 0 Å². The Morgan fingerprint density at radius 3 is 1.73 bits per heavy atom. The van der Waals surface area contributed by atoms with Crippen LogP contribution in [0.3, 0.4) is 0 Å². The molecule has 0 N–H and O–H groups in total. The van der Waals surface area contributed by atoms with Crippen LogP contribution in [-0.2, 0) is 0 Å². The van der Waals surface area contributed by atoms with E-state index in [2.05, 4.69) is 115 Å². The molecule has 0 aliphatic carbocycles. The zero-order valence-electron chi connectivity index (χ0n) is 27.7. The van der Waals surface area contributed by atoms with Crippen LogP contribution in [0.4, 0.5) is 0 Å². The second-order valence-electron chi connectivity index (χ2n) is 13.1. The van der Waals surface area contributed by atoms with Crippen molar-refractivity contribution >= 4 is 65.4 Å². The Hall–Kier alpha value is -7.11. The summed E-state index contributed by atoms with van der Waals surface area (Å²) in [4.78, 5) is 15.7. The van der Waals surface area contributed by atoms with Gasteiger partial charge < -0.3 is 8.83 Å². The molecule has 0 aliphatic heterocycles. The summed E-state index contributed by atoms with van der Waals surface area (Å²) in [6.45, 7) is 0. The van der Waals surface area contributed by atoms with E-state index in [-0.39, 0.29) is 0 Å². The van der Waals surface area contributed by atoms with E-state index >= 15 is 0 Å². The van der Waals surface area contributed by atoms with E-state index in [0.717, 1.165) is 93.2 Å². The molecule has 5 nitrogen and oxygen atoms in total. The number of hydrogen-bond acceptors (Lipinski definition) is 5. The Morgan fingerprint density at radius 1 is 0.346 bits per heavy atom. The largest absolute Gasteiger partial charge is 0.456 e. The maximum Gasteiger partial charge on any atom is 0.164 e. The van der Waals surface area contributed by atoms with Crippen LogP contribution in [0.1, 0.15) is 0 Å². The van der Waals surface area contributed by atoms with Crippen LogP contribution < -0.4 is 0 Å². The predicted octanol–water partition coefficient (Wildman–Crippen LogP) is 12.6. The number of rotatable bonds is 4. The average Bonchev–Trinajstić information content (AvgIpc) is 3.78. The first-order chi connectivity index (χ1) is 25.8. The van der Waals surface area contributed by atoms with Gasteiger partial charge in [0.2, 0.25) is 0 Å². The third-order valence-electron chi connectivity index (χ3n) is 10.1. The lowest BCUT2D eigenvalue weighted by Crippen LogP contribution is -2.00. The van der Waals surface area contributed by atoms with Gasteiger partial charge in [0.15, 0.2) is 17.5 Å². The summed E-state index contributed by atoms with van der Waals surface area (Å²) >= 11 is 0. The van der Waals surface area contributed by atoms with Crippen LogP contribution in [0.25, 0.3) is 111 Å². The molecule has 52 heavy (non-hydrogen) atoms. The molecule has 0 atom stereocenters. The molecule has 0 aliphatic rings. The first-order valence-electron chi connectivity index (χ1n) is 17.4. The number of aromatic nitrogens is 3. The summed E-state index contributed by atoms with van der Waals surface area (Å²) in [6.07, 6.45) is 0. The van der Waals surface area contributed by atoms with E-state index in [1.807, 2.05) is 48.5 Å². The SMILES string of the molecule is c1ccc(-c2c3ccccc3cc3c2oc2cccc(-c4nc(-c5ccc6ccccc6c5)nc(-c5cccc6oc7ccccc7c56)n4)c23)cc1. The number of benzene rings is 8. The lowest BCUT2D eigenvalue weighted by atomic mass is 9.94. The Balaban J connectivity index is 1.22. The Kier molecular flexibility index (Phi) is 6.18. The van der Waals surface area contributed by atoms with Crippen molar-refractivity contribution in [3.05, 3.63) is 164 Å². The number of fused-ring (bicyclic) bond motifs is 8. The minimum atomic E-state index is 0.570. The fourth-order valence-electron chi connectivity index (χ4n) is 7.74. The number of furan rings is 2. The molecule has 5 heteroatoms. The van der Waals surface area contributed by atoms with Crippen molar-refractivity contribution in [2.45, 2.75) is 0 Å². The fourth-order valence-corrected chi connectivity index (χ4v) is 7.74. The van der Waals surface area contributed by atoms with Gasteiger partial charge in [0.25, 0.3) is 0 Å². The molecule has 0 amide bonds. The van der Waals surface area contributed by atoms with Crippen LogP contribution in [0.15, 0.2) is 173 Å². The van der Waals surface area contributed by atoms with E-state index in [0.29, 0.717) is 17.5 Å². The Morgan fingerprint density at radius 2 is 0.942 bits per heavy atom. The zero-order valence-corrected chi connectivity index (χ0v) is 27.7. The third-order valence-corrected chi connectivity index (χ3v) is 10.1. The second-order valence-corrected chi connectivity index (χ2v) is 13.1. The average molecular weight is 666 g/mol. The first kappa shape index (κ1) is 28.7. The van der Waals surface area contributed by atoms with Crippen LogP contribution in [0.2, 0.25) is 0 Å². The van der Waals surface area contributed by atoms with Gasteiger partial charge in [0.05, 0.1) is 0 Å². The standard InChI is InChI=1S/C47H27N3O2/c1-2-13-29(14-3-1)41-33-17-7-6-16-31(33)27-37-43-36(20-11-23-40(43)52-44(37)41)47-49-45(32-25-24-28-12-4-5-15-30(28)26-32)48-46(50-47)35-19-10-22-39-42(35)34-18-8-9-21-38(34)51-39/h1-27H. The van der Waals surface area contributed by atoms with Crippen LogP contribution in [0, 0.1) is 0 Å². The van der Waals surface area contributed by atoms with Gasteiger partial charge >= 0.3 is 0 Å². The number of hydrogen-bond donors (Lipinski definition) is 0. The highest BCUT2D eigenvalue weighted by Gasteiger charge is 2.22. The van der Waals surface area contributed by atoms with Crippen molar-refractivity contribution in [2.24, 2.45) is 0 Å². The molecular formula is C47H27N3O2. The Labute approximate surface area is 297 Å². The van der Waals surface area contributed by atoms with Crippen LogP contribution >= 0.6 is 0 Å².